The summed E-state index contributed by atoms with van der Waals surface area (Å²) < 4.78 is 5.87. The molecule has 0 radical (unpaired) electrons. The summed E-state index contributed by atoms with van der Waals surface area (Å²) in [5, 5.41) is 13.9. The molecule has 0 spiro atoms. The fourth-order valence-electron chi connectivity index (χ4n) is 4.08. The van der Waals surface area contributed by atoms with E-state index in [0.717, 1.165) is 47.9 Å². The first kappa shape index (κ1) is 22.4. The van der Waals surface area contributed by atoms with Crippen molar-refractivity contribution in [3.8, 4) is 22.9 Å². The molecule has 1 fully saturated rings. The van der Waals surface area contributed by atoms with Crippen LogP contribution < -0.4 is 5.32 Å². The molecule has 0 aliphatic carbocycles. The number of aromatic nitrogens is 3. The van der Waals surface area contributed by atoms with Gasteiger partial charge in [0.05, 0.1) is 5.69 Å². The van der Waals surface area contributed by atoms with Gasteiger partial charge in [0, 0.05) is 28.6 Å². The van der Waals surface area contributed by atoms with Crippen LogP contribution >= 0.6 is 11.3 Å². The summed E-state index contributed by atoms with van der Waals surface area (Å²) in [6.07, 6.45) is 2.47. The summed E-state index contributed by atoms with van der Waals surface area (Å²) in [7, 11) is 0. The van der Waals surface area contributed by atoms with Gasteiger partial charge in [-0.2, -0.15) is 0 Å². The molecule has 2 aromatic carbocycles. The number of thiazole rings is 1. The molecule has 1 saturated heterocycles. The van der Waals surface area contributed by atoms with Gasteiger partial charge in [0.2, 0.25) is 11.8 Å². The number of carbonyl (C=O) groups is 1. The molecule has 34 heavy (non-hydrogen) atoms. The van der Waals surface area contributed by atoms with Gasteiger partial charge in [-0.3, -0.25) is 15.0 Å². The van der Waals surface area contributed by atoms with E-state index in [2.05, 4.69) is 32.3 Å². The van der Waals surface area contributed by atoms with E-state index in [-0.39, 0.29) is 5.91 Å². The van der Waals surface area contributed by atoms with E-state index < -0.39 is 0 Å². The van der Waals surface area contributed by atoms with Crippen LogP contribution in [0.3, 0.4) is 0 Å². The van der Waals surface area contributed by atoms with Crippen LogP contribution in [0.5, 0.6) is 0 Å². The zero-order valence-electron chi connectivity index (χ0n) is 19.3. The van der Waals surface area contributed by atoms with Crippen LogP contribution in [0.4, 0.5) is 5.13 Å². The minimum absolute atomic E-state index is 0.189. The van der Waals surface area contributed by atoms with Gasteiger partial charge in [-0.15, -0.1) is 21.5 Å². The number of benzene rings is 2. The van der Waals surface area contributed by atoms with Gasteiger partial charge >= 0.3 is 0 Å². The minimum atomic E-state index is -0.189. The summed E-state index contributed by atoms with van der Waals surface area (Å²) >= 11 is 1.46. The lowest BCUT2D eigenvalue weighted by molar-refractivity contribution is 0.102. The summed E-state index contributed by atoms with van der Waals surface area (Å²) in [4.78, 5) is 19.8. The second kappa shape index (κ2) is 9.87. The Kier molecular flexibility index (Phi) is 6.51. The Balaban J connectivity index is 1.21. The molecule has 0 unspecified atom stereocenters. The summed E-state index contributed by atoms with van der Waals surface area (Å²) in [5.74, 6) is 1.52. The van der Waals surface area contributed by atoms with Crippen molar-refractivity contribution in [1.82, 2.24) is 20.1 Å². The fourth-order valence-corrected chi connectivity index (χ4v) is 4.78. The van der Waals surface area contributed by atoms with Crippen LogP contribution in [0, 0.1) is 12.8 Å². The van der Waals surface area contributed by atoms with Crippen LogP contribution in [0.25, 0.3) is 22.9 Å². The number of nitrogens with zero attached hydrogens (tertiary/aromatic N) is 4. The predicted octanol–water partition coefficient (Wildman–Crippen LogP) is 5.65. The number of carbonyl (C=O) groups excluding carboxylic acids is 1. The molecule has 1 aliphatic heterocycles. The highest BCUT2D eigenvalue weighted by molar-refractivity contribution is 7.14. The van der Waals surface area contributed by atoms with Gasteiger partial charge in [-0.05, 0) is 74.7 Å². The largest absolute Gasteiger partial charge is 0.416 e. The van der Waals surface area contributed by atoms with Crippen LogP contribution in [0.1, 0.15) is 41.4 Å². The first-order valence-corrected chi connectivity index (χ1v) is 12.4. The van der Waals surface area contributed by atoms with E-state index >= 15 is 0 Å². The molecule has 1 N–H and O–H groups in total. The van der Waals surface area contributed by atoms with Crippen molar-refractivity contribution < 1.29 is 9.21 Å². The van der Waals surface area contributed by atoms with Gasteiger partial charge < -0.3 is 4.42 Å². The Hall–Kier alpha value is -3.36. The van der Waals surface area contributed by atoms with Gasteiger partial charge in [0.1, 0.15) is 0 Å². The minimum Gasteiger partial charge on any atom is -0.416 e. The number of anilines is 1. The first-order chi connectivity index (χ1) is 16.5. The second-order valence-electron chi connectivity index (χ2n) is 8.86. The Morgan fingerprint density at radius 1 is 1.09 bits per heavy atom. The molecule has 7 nitrogen and oxygen atoms in total. The lowest BCUT2D eigenvalue weighted by Crippen LogP contribution is -2.32. The molecular weight excluding hydrogens is 446 g/mol. The molecular formula is C26H27N5O2S. The summed E-state index contributed by atoms with van der Waals surface area (Å²) in [6.45, 7) is 7.37. The molecule has 5 rings (SSSR count). The van der Waals surface area contributed by atoms with Crippen LogP contribution in [0.15, 0.2) is 58.3 Å². The smallest absolute Gasteiger partial charge is 0.257 e. The van der Waals surface area contributed by atoms with E-state index in [1.165, 1.54) is 24.2 Å². The average molecular weight is 474 g/mol. The molecule has 1 aliphatic rings. The molecule has 3 heterocycles. The van der Waals surface area contributed by atoms with Gasteiger partial charge in [-0.25, -0.2) is 4.98 Å². The molecule has 0 atom stereocenters. The van der Waals surface area contributed by atoms with E-state index in [1.54, 1.807) is 12.1 Å². The van der Waals surface area contributed by atoms with Crippen molar-refractivity contribution in [3.63, 3.8) is 0 Å². The monoisotopic (exact) mass is 473 g/mol. The van der Waals surface area contributed by atoms with Crippen molar-refractivity contribution >= 4 is 22.4 Å². The van der Waals surface area contributed by atoms with Crippen molar-refractivity contribution in [2.45, 2.75) is 33.2 Å². The highest BCUT2D eigenvalue weighted by Gasteiger charge is 2.18. The molecule has 0 bridgehead atoms. The maximum atomic E-state index is 12.7. The summed E-state index contributed by atoms with van der Waals surface area (Å²) in [6, 6.07) is 15.0. The van der Waals surface area contributed by atoms with Crippen molar-refractivity contribution in [3.05, 3.63) is 70.7 Å². The van der Waals surface area contributed by atoms with Crippen molar-refractivity contribution in [1.29, 1.82) is 0 Å². The van der Waals surface area contributed by atoms with Gasteiger partial charge in [0.25, 0.3) is 5.91 Å². The Morgan fingerprint density at radius 3 is 2.59 bits per heavy atom. The van der Waals surface area contributed by atoms with Crippen molar-refractivity contribution in [2.24, 2.45) is 5.92 Å². The Bertz CT molecular complexity index is 1270. The highest BCUT2D eigenvalue weighted by atomic mass is 32.1. The molecule has 0 saturated carbocycles. The number of hydrogen-bond donors (Lipinski definition) is 1. The SMILES string of the molecule is Cc1ccccc1-c1nnc(-c2ccc(C(=O)Nc3nc(CN4CCC(C)CC4)cs3)cc2)o1. The number of aryl methyl sites for hydroxylation is 1. The third-order valence-electron chi connectivity index (χ3n) is 6.23. The van der Waals surface area contributed by atoms with E-state index in [9.17, 15) is 4.79 Å². The maximum Gasteiger partial charge on any atom is 0.257 e. The topological polar surface area (TPSA) is 84.2 Å². The molecule has 8 heteroatoms. The first-order valence-electron chi connectivity index (χ1n) is 11.5. The zero-order valence-corrected chi connectivity index (χ0v) is 20.1. The van der Waals surface area contributed by atoms with Crippen LogP contribution in [-0.2, 0) is 6.54 Å². The molecule has 1 amide bonds. The molecule has 4 aromatic rings. The van der Waals surface area contributed by atoms with Crippen molar-refractivity contribution in [2.75, 3.05) is 18.4 Å². The quantitative estimate of drug-likeness (QED) is 0.389. The van der Waals surface area contributed by atoms with Gasteiger partial charge in [-0.1, -0.05) is 25.1 Å². The molecule has 2 aromatic heterocycles. The Labute approximate surface area is 202 Å². The maximum absolute atomic E-state index is 12.7. The Morgan fingerprint density at radius 2 is 1.82 bits per heavy atom. The third kappa shape index (κ3) is 5.08. The number of likely N-dealkylation sites (tertiary alicyclic amines) is 1. The van der Waals surface area contributed by atoms with E-state index in [1.807, 2.05) is 48.7 Å². The van der Waals surface area contributed by atoms with Gasteiger partial charge in [0.15, 0.2) is 5.13 Å². The number of nitrogens with one attached hydrogen (secondary N) is 1. The van der Waals surface area contributed by atoms with Crippen LogP contribution in [-0.4, -0.2) is 39.1 Å². The number of hydrogen-bond acceptors (Lipinski definition) is 7. The number of rotatable bonds is 6. The third-order valence-corrected chi connectivity index (χ3v) is 7.04. The lowest BCUT2D eigenvalue weighted by Gasteiger charge is -2.29. The predicted molar refractivity (Wildman–Crippen MR) is 134 cm³/mol. The van der Waals surface area contributed by atoms with E-state index in [4.69, 9.17) is 4.42 Å². The standard InChI is InChI=1S/C26H27N5O2S/c1-17-11-13-31(14-12-17)15-21-16-34-26(27-21)28-23(32)19-7-9-20(10-8-19)24-29-30-25(33-24)22-6-4-3-5-18(22)2/h3-10,16-17H,11-15H2,1-2H3,(H,27,28,32). The van der Waals surface area contributed by atoms with E-state index in [0.29, 0.717) is 22.5 Å². The lowest BCUT2D eigenvalue weighted by atomic mass is 9.99. The fraction of sp³-hybridized carbons (Fsp3) is 0.308. The molecule has 174 valence electrons. The zero-order chi connectivity index (χ0) is 23.5. The summed E-state index contributed by atoms with van der Waals surface area (Å²) in [5.41, 5.74) is 4.29. The number of amides is 1. The average Bonchev–Trinajstić information content (AvgIpc) is 3.51. The van der Waals surface area contributed by atoms with Crippen LogP contribution in [0.2, 0.25) is 0 Å². The second-order valence-corrected chi connectivity index (χ2v) is 9.72. The highest BCUT2D eigenvalue weighted by Crippen LogP contribution is 2.26. The number of piperidine rings is 1. The normalized spacial score (nSPS) is 14.9.